The smallest absolute Gasteiger partial charge is 0.410 e. The Labute approximate surface area is 175 Å². The third kappa shape index (κ3) is 5.65. The van der Waals surface area contributed by atoms with Crippen LogP contribution in [0.15, 0.2) is 30.7 Å². The van der Waals surface area contributed by atoms with E-state index in [0.717, 1.165) is 6.42 Å². The summed E-state index contributed by atoms with van der Waals surface area (Å²) in [6, 6.07) is 3.55. The van der Waals surface area contributed by atoms with Gasteiger partial charge in [-0.25, -0.2) is 19.6 Å². The zero-order chi connectivity index (χ0) is 21.7. The van der Waals surface area contributed by atoms with E-state index in [2.05, 4.69) is 19.7 Å². The highest BCUT2D eigenvalue weighted by Gasteiger charge is 2.33. The van der Waals surface area contributed by atoms with E-state index in [1.165, 1.54) is 13.3 Å². The fraction of sp³-hybridized carbons (Fsp3) is 0.476. The molecule has 30 heavy (non-hydrogen) atoms. The maximum atomic E-state index is 11.9. The summed E-state index contributed by atoms with van der Waals surface area (Å²) in [6.45, 7) is 7.45. The van der Waals surface area contributed by atoms with Gasteiger partial charge in [0, 0.05) is 30.9 Å². The van der Waals surface area contributed by atoms with Gasteiger partial charge in [0.1, 0.15) is 5.60 Å². The van der Waals surface area contributed by atoms with E-state index in [-0.39, 0.29) is 11.8 Å². The van der Waals surface area contributed by atoms with Crippen molar-refractivity contribution >= 4 is 12.1 Å². The molecule has 9 heteroatoms. The normalized spacial score (nSPS) is 14.1. The van der Waals surface area contributed by atoms with E-state index in [1.54, 1.807) is 29.4 Å². The van der Waals surface area contributed by atoms with E-state index in [4.69, 9.17) is 9.47 Å². The minimum Gasteiger partial charge on any atom is -0.478 e. The molecular formula is C21H26N4O5. The predicted octanol–water partition coefficient (Wildman–Crippen LogP) is 2.96. The number of carbonyl (C=O) groups is 2. The van der Waals surface area contributed by atoms with E-state index in [1.807, 2.05) is 20.8 Å². The predicted molar refractivity (Wildman–Crippen MR) is 108 cm³/mol. The summed E-state index contributed by atoms with van der Waals surface area (Å²) in [4.78, 5) is 37.7. The molecule has 0 aliphatic carbocycles. The van der Waals surface area contributed by atoms with Crippen LogP contribution in [0.2, 0.25) is 0 Å². The zero-order valence-corrected chi connectivity index (χ0v) is 17.6. The zero-order valence-electron chi connectivity index (χ0n) is 17.6. The highest BCUT2D eigenvalue weighted by atomic mass is 16.6. The summed E-state index contributed by atoms with van der Waals surface area (Å²) in [6.07, 6.45) is 5.08. The van der Waals surface area contributed by atoms with Crippen molar-refractivity contribution in [2.45, 2.75) is 32.8 Å². The standard InChI is InChI=1S/C21H26N4O5/c1-21(2,3)30-20(27)25-12-14(13-25)7-8-29-18-6-5-15(9-23-18)16-10-22-11-17(24-16)19(26)28-4/h5-6,9-11,14H,7-8,12-13H2,1-4H3. The minimum absolute atomic E-state index is 0.135. The van der Waals surface area contributed by atoms with Crippen LogP contribution in [0.3, 0.4) is 0 Å². The number of methoxy groups -OCH3 is 1. The first-order valence-electron chi connectivity index (χ1n) is 9.72. The average molecular weight is 414 g/mol. The van der Waals surface area contributed by atoms with Crippen molar-refractivity contribution in [3.8, 4) is 17.1 Å². The Hall–Kier alpha value is -3.23. The molecule has 1 aliphatic heterocycles. The van der Waals surface area contributed by atoms with E-state index >= 15 is 0 Å². The van der Waals surface area contributed by atoms with Crippen LogP contribution in [-0.2, 0) is 9.47 Å². The van der Waals surface area contributed by atoms with Gasteiger partial charge in [0.05, 0.1) is 31.8 Å². The molecule has 0 bridgehead atoms. The highest BCUT2D eigenvalue weighted by molar-refractivity contribution is 5.87. The van der Waals surface area contributed by atoms with Crippen LogP contribution in [0.4, 0.5) is 4.79 Å². The van der Waals surface area contributed by atoms with Gasteiger partial charge in [-0.2, -0.15) is 0 Å². The van der Waals surface area contributed by atoms with Crippen LogP contribution in [0.25, 0.3) is 11.3 Å². The van der Waals surface area contributed by atoms with Crippen molar-refractivity contribution in [1.29, 1.82) is 0 Å². The first-order valence-corrected chi connectivity index (χ1v) is 9.72. The molecule has 0 N–H and O–H groups in total. The van der Waals surface area contributed by atoms with Gasteiger partial charge in [0.15, 0.2) is 5.69 Å². The number of nitrogens with zero attached hydrogens (tertiary/aromatic N) is 4. The molecule has 0 unspecified atom stereocenters. The number of rotatable bonds is 6. The van der Waals surface area contributed by atoms with Gasteiger partial charge in [0.25, 0.3) is 0 Å². The lowest BCUT2D eigenvalue weighted by molar-refractivity contribution is -0.00391. The van der Waals surface area contributed by atoms with Crippen LogP contribution < -0.4 is 4.74 Å². The Kier molecular flexibility index (Phi) is 6.49. The monoisotopic (exact) mass is 414 g/mol. The summed E-state index contributed by atoms with van der Waals surface area (Å²) in [7, 11) is 1.29. The Bertz CT molecular complexity index is 889. The number of esters is 1. The molecule has 0 spiro atoms. The molecule has 2 aromatic heterocycles. The molecule has 3 rings (SSSR count). The maximum absolute atomic E-state index is 11.9. The van der Waals surface area contributed by atoms with Crippen molar-refractivity contribution in [1.82, 2.24) is 19.9 Å². The van der Waals surface area contributed by atoms with Crippen LogP contribution in [0, 0.1) is 5.92 Å². The van der Waals surface area contributed by atoms with Gasteiger partial charge in [-0.15, -0.1) is 0 Å². The number of carbonyl (C=O) groups excluding carboxylic acids is 2. The summed E-state index contributed by atoms with van der Waals surface area (Å²) < 4.78 is 15.7. The first-order chi connectivity index (χ1) is 14.2. The lowest BCUT2D eigenvalue weighted by atomic mass is 9.97. The third-order valence-electron chi connectivity index (χ3n) is 4.45. The molecule has 0 radical (unpaired) electrons. The van der Waals surface area contributed by atoms with E-state index in [0.29, 0.717) is 42.8 Å². The molecule has 0 saturated carbocycles. The number of hydrogen-bond acceptors (Lipinski definition) is 8. The second-order valence-electron chi connectivity index (χ2n) is 8.05. The number of pyridine rings is 1. The largest absolute Gasteiger partial charge is 0.478 e. The third-order valence-corrected chi connectivity index (χ3v) is 4.45. The topological polar surface area (TPSA) is 104 Å². The molecule has 1 aliphatic rings. The second kappa shape index (κ2) is 9.06. The van der Waals surface area contributed by atoms with Gasteiger partial charge < -0.3 is 19.1 Å². The Morgan fingerprint density at radius 2 is 1.93 bits per heavy atom. The molecule has 9 nitrogen and oxygen atoms in total. The number of likely N-dealkylation sites (tertiary alicyclic amines) is 1. The van der Waals surface area contributed by atoms with E-state index < -0.39 is 11.6 Å². The molecule has 0 aromatic carbocycles. The SMILES string of the molecule is COC(=O)c1cncc(-c2ccc(OCCC3CN(C(=O)OC(C)(C)C)C3)nc2)n1. The molecule has 3 heterocycles. The van der Waals surface area contributed by atoms with Gasteiger partial charge in [-0.3, -0.25) is 4.98 Å². The average Bonchev–Trinajstić information content (AvgIpc) is 2.68. The lowest BCUT2D eigenvalue weighted by Gasteiger charge is -2.39. The number of ether oxygens (including phenoxy) is 3. The van der Waals surface area contributed by atoms with Crippen LogP contribution in [-0.4, -0.2) is 64.3 Å². The number of hydrogen-bond donors (Lipinski definition) is 0. The lowest BCUT2D eigenvalue weighted by Crippen LogP contribution is -2.51. The molecule has 0 atom stereocenters. The summed E-state index contributed by atoms with van der Waals surface area (Å²) in [5.74, 6) is 0.353. The van der Waals surface area contributed by atoms with Crippen molar-refractivity contribution < 1.29 is 23.8 Å². The highest BCUT2D eigenvalue weighted by Crippen LogP contribution is 2.23. The van der Waals surface area contributed by atoms with Gasteiger partial charge in [-0.05, 0) is 39.2 Å². The molecule has 160 valence electrons. The molecule has 1 fully saturated rings. The first kappa shape index (κ1) is 21.5. The molecule has 1 saturated heterocycles. The van der Waals surface area contributed by atoms with Gasteiger partial charge in [0.2, 0.25) is 5.88 Å². The van der Waals surface area contributed by atoms with Crippen molar-refractivity contribution in [3.63, 3.8) is 0 Å². The second-order valence-corrected chi connectivity index (χ2v) is 8.05. The van der Waals surface area contributed by atoms with Crippen molar-refractivity contribution in [2.24, 2.45) is 5.92 Å². The van der Waals surface area contributed by atoms with Crippen LogP contribution >= 0.6 is 0 Å². The summed E-state index contributed by atoms with van der Waals surface area (Å²) in [5.41, 5.74) is 0.896. The fourth-order valence-electron chi connectivity index (χ4n) is 2.88. The number of amides is 1. The molecule has 1 amide bonds. The van der Waals surface area contributed by atoms with Crippen molar-refractivity contribution in [2.75, 3.05) is 26.8 Å². The minimum atomic E-state index is -0.543. The van der Waals surface area contributed by atoms with Gasteiger partial charge in [-0.1, -0.05) is 0 Å². The van der Waals surface area contributed by atoms with Gasteiger partial charge >= 0.3 is 12.1 Å². The summed E-state index contributed by atoms with van der Waals surface area (Å²) >= 11 is 0. The Morgan fingerprint density at radius 1 is 1.17 bits per heavy atom. The molecular weight excluding hydrogens is 388 g/mol. The van der Waals surface area contributed by atoms with Crippen LogP contribution in [0.1, 0.15) is 37.7 Å². The fourth-order valence-corrected chi connectivity index (χ4v) is 2.88. The molecule has 2 aromatic rings. The van der Waals surface area contributed by atoms with Crippen LogP contribution in [0.5, 0.6) is 5.88 Å². The quantitative estimate of drug-likeness (QED) is 0.665. The summed E-state index contributed by atoms with van der Waals surface area (Å²) in [5, 5.41) is 0. The van der Waals surface area contributed by atoms with Crippen molar-refractivity contribution in [3.05, 3.63) is 36.4 Å². The number of aromatic nitrogens is 3. The Balaban J connectivity index is 1.44. The Morgan fingerprint density at radius 3 is 2.57 bits per heavy atom. The van der Waals surface area contributed by atoms with E-state index in [9.17, 15) is 9.59 Å². The maximum Gasteiger partial charge on any atom is 0.410 e.